The molecule has 0 aliphatic heterocycles. The van der Waals surface area contributed by atoms with E-state index in [1.165, 1.54) is 0 Å². The number of thiol groups is 1. The van der Waals surface area contributed by atoms with Gasteiger partial charge in [0.2, 0.25) is 0 Å². The minimum Gasteiger partial charge on any atom is -0.321 e. The highest BCUT2D eigenvalue weighted by atomic mass is 32.1. The third-order valence-corrected chi connectivity index (χ3v) is 3.19. The summed E-state index contributed by atoms with van der Waals surface area (Å²) in [6, 6.07) is 7.68. The minimum atomic E-state index is -0.0501. The number of aromatic nitrogens is 1. The molecule has 0 saturated carbocycles. The van der Waals surface area contributed by atoms with Crippen molar-refractivity contribution in [3.63, 3.8) is 0 Å². The lowest BCUT2D eigenvalue weighted by Gasteiger charge is -1.99. The van der Waals surface area contributed by atoms with Gasteiger partial charge in [-0.1, -0.05) is 12.1 Å². The van der Waals surface area contributed by atoms with Crippen molar-refractivity contribution >= 4 is 24.0 Å². The van der Waals surface area contributed by atoms with Crippen molar-refractivity contribution in [1.82, 2.24) is 4.98 Å². The van der Waals surface area contributed by atoms with E-state index in [2.05, 4.69) is 17.6 Å². The fraction of sp³-hybridized carbons (Fsp3) is 0.100. The molecule has 0 atom stereocenters. The van der Waals surface area contributed by atoms with Crippen molar-refractivity contribution < 1.29 is 0 Å². The maximum Gasteiger partial charge on any atom is 0.252 e. The van der Waals surface area contributed by atoms with Crippen LogP contribution in [0.3, 0.4) is 0 Å². The molecule has 1 N–H and O–H groups in total. The Labute approximate surface area is 91.0 Å². The zero-order valence-electron chi connectivity index (χ0n) is 7.36. The number of H-pyrrole nitrogens is 1. The van der Waals surface area contributed by atoms with Crippen LogP contribution in [0.15, 0.2) is 34.4 Å². The lowest BCUT2D eigenvalue weighted by molar-refractivity contribution is 1.18. The molecule has 2 heterocycles. The fourth-order valence-corrected chi connectivity index (χ4v) is 2.16. The average molecular weight is 223 g/mol. The van der Waals surface area contributed by atoms with E-state index in [1.54, 1.807) is 11.3 Å². The molecule has 0 radical (unpaired) electrons. The van der Waals surface area contributed by atoms with Gasteiger partial charge < -0.3 is 4.98 Å². The van der Waals surface area contributed by atoms with Gasteiger partial charge in [-0.25, -0.2) is 0 Å². The number of nitrogens with one attached hydrogen (secondary N) is 1. The first-order chi connectivity index (χ1) is 6.81. The van der Waals surface area contributed by atoms with Crippen LogP contribution in [0.1, 0.15) is 5.56 Å². The first kappa shape index (κ1) is 9.55. The van der Waals surface area contributed by atoms with Crippen molar-refractivity contribution in [2.24, 2.45) is 0 Å². The van der Waals surface area contributed by atoms with Crippen LogP contribution in [0.5, 0.6) is 0 Å². The number of aromatic amines is 1. The first-order valence-electron chi connectivity index (χ1n) is 4.18. The van der Waals surface area contributed by atoms with Gasteiger partial charge >= 0.3 is 0 Å². The molecular formula is C10H9NOS2. The van der Waals surface area contributed by atoms with Gasteiger partial charge in [-0.3, -0.25) is 4.79 Å². The number of hydrogen-bond acceptors (Lipinski definition) is 3. The van der Waals surface area contributed by atoms with Crippen LogP contribution in [-0.4, -0.2) is 4.98 Å². The molecule has 0 spiro atoms. The summed E-state index contributed by atoms with van der Waals surface area (Å²) in [5, 5.41) is 1.99. The molecule has 0 aliphatic rings. The molecule has 0 aromatic carbocycles. The van der Waals surface area contributed by atoms with E-state index < -0.39 is 0 Å². The van der Waals surface area contributed by atoms with Crippen molar-refractivity contribution in [3.8, 4) is 10.6 Å². The topological polar surface area (TPSA) is 32.9 Å². The second kappa shape index (κ2) is 4.02. The van der Waals surface area contributed by atoms with E-state index in [4.69, 9.17) is 0 Å². The highest BCUT2D eigenvalue weighted by Gasteiger charge is 2.01. The molecular weight excluding hydrogens is 214 g/mol. The summed E-state index contributed by atoms with van der Waals surface area (Å²) in [6.45, 7) is 0. The van der Waals surface area contributed by atoms with Crippen LogP contribution in [0.2, 0.25) is 0 Å². The monoisotopic (exact) mass is 223 g/mol. The SMILES string of the molecule is O=c1[nH]c(-c2cccs2)ccc1CS. The molecule has 2 aromatic rings. The Hall–Kier alpha value is -1.00. The van der Waals surface area contributed by atoms with Crippen LogP contribution in [-0.2, 0) is 5.75 Å². The van der Waals surface area contributed by atoms with Crippen LogP contribution in [0, 0.1) is 0 Å². The van der Waals surface area contributed by atoms with Crippen LogP contribution in [0.25, 0.3) is 10.6 Å². The van der Waals surface area contributed by atoms with Crippen molar-refractivity contribution in [2.45, 2.75) is 5.75 Å². The number of pyridine rings is 1. The van der Waals surface area contributed by atoms with Crippen molar-refractivity contribution in [3.05, 3.63) is 45.6 Å². The molecule has 0 fully saturated rings. The summed E-state index contributed by atoms with van der Waals surface area (Å²) < 4.78 is 0. The first-order valence-corrected chi connectivity index (χ1v) is 5.69. The molecule has 0 unspecified atom stereocenters. The predicted octanol–water partition coefficient (Wildman–Crippen LogP) is 2.53. The molecule has 4 heteroatoms. The van der Waals surface area contributed by atoms with Gasteiger partial charge in [0.25, 0.3) is 5.56 Å². The molecule has 72 valence electrons. The molecule has 14 heavy (non-hydrogen) atoms. The molecule has 0 saturated heterocycles. The van der Waals surface area contributed by atoms with Crippen LogP contribution >= 0.6 is 24.0 Å². The zero-order chi connectivity index (χ0) is 9.97. The van der Waals surface area contributed by atoms with E-state index in [0.717, 1.165) is 10.6 Å². The molecule has 0 bridgehead atoms. The van der Waals surface area contributed by atoms with Gasteiger partial charge in [-0.05, 0) is 17.5 Å². The Bertz CT molecular complexity index is 473. The van der Waals surface area contributed by atoms with Crippen molar-refractivity contribution in [2.75, 3.05) is 0 Å². The minimum absolute atomic E-state index is 0.0501. The van der Waals surface area contributed by atoms with E-state index in [1.807, 2.05) is 29.6 Å². The van der Waals surface area contributed by atoms with Crippen LogP contribution < -0.4 is 5.56 Å². The largest absolute Gasteiger partial charge is 0.321 e. The normalized spacial score (nSPS) is 10.4. The standard InChI is InChI=1S/C10H9NOS2/c12-10-7(6-13)3-4-8(11-10)9-2-1-5-14-9/h1-5,13H,6H2,(H,11,12). The number of hydrogen-bond donors (Lipinski definition) is 2. The van der Waals surface area contributed by atoms with E-state index in [0.29, 0.717) is 11.3 Å². The summed E-state index contributed by atoms with van der Waals surface area (Å²) in [5.74, 6) is 0.472. The van der Waals surface area contributed by atoms with Crippen LogP contribution in [0.4, 0.5) is 0 Å². The Morgan fingerprint density at radius 3 is 2.79 bits per heavy atom. The second-order valence-electron chi connectivity index (χ2n) is 2.86. The molecule has 2 nitrogen and oxygen atoms in total. The third kappa shape index (κ3) is 1.76. The maximum atomic E-state index is 11.5. The number of rotatable bonds is 2. The lowest BCUT2D eigenvalue weighted by Crippen LogP contribution is -2.10. The highest BCUT2D eigenvalue weighted by molar-refractivity contribution is 7.79. The number of thiophene rings is 1. The summed E-state index contributed by atoms with van der Waals surface area (Å²) in [4.78, 5) is 15.4. The quantitative estimate of drug-likeness (QED) is 0.754. The molecule has 0 aliphatic carbocycles. The van der Waals surface area contributed by atoms with Gasteiger partial charge in [-0.15, -0.1) is 11.3 Å². The smallest absolute Gasteiger partial charge is 0.252 e. The van der Waals surface area contributed by atoms with Crippen molar-refractivity contribution in [1.29, 1.82) is 0 Å². The maximum absolute atomic E-state index is 11.5. The molecule has 0 amide bonds. The van der Waals surface area contributed by atoms with E-state index in [-0.39, 0.29) is 5.56 Å². The Kier molecular flexibility index (Phi) is 2.74. The van der Waals surface area contributed by atoms with Gasteiger partial charge in [0, 0.05) is 11.3 Å². The Morgan fingerprint density at radius 2 is 2.21 bits per heavy atom. The molecule has 2 rings (SSSR count). The summed E-state index contributed by atoms with van der Waals surface area (Å²) >= 11 is 5.68. The molecule has 2 aromatic heterocycles. The third-order valence-electron chi connectivity index (χ3n) is 1.95. The summed E-state index contributed by atoms with van der Waals surface area (Å²) in [6.07, 6.45) is 0. The van der Waals surface area contributed by atoms with Gasteiger partial charge in [0.05, 0.1) is 10.6 Å². The zero-order valence-corrected chi connectivity index (χ0v) is 9.07. The summed E-state index contributed by atoms with van der Waals surface area (Å²) in [5.41, 5.74) is 1.52. The second-order valence-corrected chi connectivity index (χ2v) is 4.13. The predicted molar refractivity (Wildman–Crippen MR) is 63.1 cm³/mol. The van der Waals surface area contributed by atoms with Gasteiger partial charge in [0.15, 0.2) is 0 Å². The lowest BCUT2D eigenvalue weighted by atomic mass is 10.2. The van der Waals surface area contributed by atoms with Gasteiger partial charge in [-0.2, -0.15) is 12.6 Å². The Balaban J connectivity index is 2.48. The average Bonchev–Trinajstić information content (AvgIpc) is 2.70. The highest BCUT2D eigenvalue weighted by Crippen LogP contribution is 2.21. The Morgan fingerprint density at radius 1 is 1.36 bits per heavy atom. The van der Waals surface area contributed by atoms with E-state index in [9.17, 15) is 4.79 Å². The van der Waals surface area contributed by atoms with E-state index >= 15 is 0 Å². The fourth-order valence-electron chi connectivity index (χ4n) is 1.20. The summed E-state index contributed by atoms with van der Waals surface area (Å²) in [7, 11) is 0. The van der Waals surface area contributed by atoms with Gasteiger partial charge in [0.1, 0.15) is 0 Å².